The number of pyridine rings is 1. The van der Waals surface area contributed by atoms with E-state index in [1.54, 1.807) is 19.2 Å². The number of likely N-dealkylation sites (tertiary alicyclic amines) is 1. The minimum Gasteiger partial charge on any atom is -0.353 e. The molecule has 0 atom stereocenters. The smallest absolute Gasteiger partial charge is 0.255 e. The molecule has 7 nitrogen and oxygen atoms in total. The number of hydrogen-bond acceptors (Lipinski definition) is 5. The van der Waals surface area contributed by atoms with Gasteiger partial charge in [-0.05, 0) is 32.3 Å². The summed E-state index contributed by atoms with van der Waals surface area (Å²) in [5, 5.41) is 0.430. The summed E-state index contributed by atoms with van der Waals surface area (Å²) < 4.78 is 25.4. The number of anilines is 1. The Kier molecular flexibility index (Phi) is 6.04. The highest BCUT2D eigenvalue weighted by Crippen LogP contribution is 2.26. The Labute approximate surface area is 160 Å². The summed E-state index contributed by atoms with van der Waals surface area (Å²) >= 11 is 6.39. The first kappa shape index (κ1) is 19.4. The molecule has 3 heterocycles. The van der Waals surface area contributed by atoms with E-state index in [9.17, 15) is 13.2 Å². The largest absolute Gasteiger partial charge is 0.353 e. The number of hydrogen-bond donors (Lipinski definition) is 0. The van der Waals surface area contributed by atoms with E-state index < -0.39 is 10.0 Å². The van der Waals surface area contributed by atoms with E-state index in [1.165, 1.54) is 10.7 Å². The summed E-state index contributed by atoms with van der Waals surface area (Å²) in [5.41, 5.74) is 0.507. The summed E-state index contributed by atoms with van der Waals surface area (Å²) in [5.74, 6) is 0.694. The third-order valence-corrected chi connectivity index (χ3v) is 7.17. The van der Waals surface area contributed by atoms with Gasteiger partial charge in [0.2, 0.25) is 10.0 Å². The lowest BCUT2D eigenvalue weighted by Crippen LogP contribution is -2.49. The third-order valence-electron chi connectivity index (χ3n) is 5.01. The molecule has 0 radical (unpaired) electrons. The SMILES string of the molecule is CCS(=O)(=O)N1CCN(c2ncc(C(=O)N3CCCCC3)cc2Cl)CC1. The molecule has 2 aliphatic rings. The standard InChI is InChI=1S/C17H25ClN4O3S/c1-2-26(24,25)22-10-8-20(9-11-22)16-15(18)12-14(13-19-16)17(23)21-6-4-3-5-7-21/h12-13H,2-11H2,1H3. The number of amides is 1. The van der Waals surface area contributed by atoms with E-state index in [0.717, 1.165) is 25.9 Å². The average Bonchev–Trinajstić information content (AvgIpc) is 2.68. The zero-order valence-corrected chi connectivity index (χ0v) is 16.6. The molecule has 0 unspecified atom stereocenters. The van der Waals surface area contributed by atoms with E-state index in [-0.39, 0.29) is 11.7 Å². The van der Waals surface area contributed by atoms with Crippen LogP contribution in [0.1, 0.15) is 36.5 Å². The van der Waals surface area contributed by atoms with Gasteiger partial charge >= 0.3 is 0 Å². The summed E-state index contributed by atoms with van der Waals surface area (Å²) in [7, 11) is -3.16. The summed E-state index contributed by atoms with van der Waals surface area (Å²) in [4.78, 5) is 20.8. The minimum atomic E-state index is -3.16. The highest BCUT2D eigenvalue weighted by Gasteiger charge is 2.27. The Morgan fingerprint density at radius 3 is 2.35 bits per heavy atom. The van der Waals surface area contributed by atoms with E-state index >= 15 is 0 Å². The molecule has 0 bridgehead atoms. The number of piperidine rings is 1. The van der Waals surface area contributed by atoms with Crippen LogP contribution in [-0.4, -0.2) is 73.5 Å². The Balaban J connectivity index is 1.68. The molecule has 3 rings (SSSR count). The molecule has 1 aromatic heterocycles. The van der Waals surface area contributed by atoms with Gasteiger partial charge in [0, 0.05) is 45.5 Å². The fraction of sp³-hybridized carbons (Fsp3) is 0.647. The number of carbonyl (C=O) groups excluding carboxylic acids is 1. The number of nitrogens with zero attached hydrogens (tertiary/aromatic N) is 4. The highest BCUT2D eigenvalue weighted by atomic mass is 35.5. The Hall–Kier alpha value is -1.38. The number of aromatic nitrogens is 1. The molecule has 144 valence electrons. The van der Waals surface area contributed by atoms with Gasteiger partial charge in [0.25, 0.3) is 5.91 Å². The molecule has 2 fully saturated rings. The lowest BCUT2D eigenvalue weighted by atomic mass is 10.1. The van der Waals surface area contributed by atoms with Crippen LogP contribution in [0.25, 0.3) is 0 Å². The van der Waals surface area contributed by atoms with Crippen LogP contribution >= 0.6 is 11.6 Å². The van der Waals surface area contributed by atoms with Crippen molar-refractivity contribution in [3.05, 3.63) is 22.8 Å². The van der Waals surface area contributed by atoms with Gasteiger partial charge in [-0.1, -0.05) is 11.6 Å². The van der Waals surface area contributed by atoms with Crippen molar-refractivity contribution in [2.24, 2.45) is 0 Å². The summed E-state index contributed by atoms with van der Waals surface area (Å²) in [6.07, 6.45) is 4.82. The van der Waals surface area contributed by atoms with Crippen LogP contribution in [-0.2, 0) is 10.0 Å². The average molecular weight is 401 g/mol. The van der Waals surface area contributed by atoms with Crippen LogP contribution in [0.15, 0.2) is 12.3 Å². The van der Waals surface area contributed by atoms with Crippen molar-refractivity contribution in [2.75, 3.05) is 49.9 Å². The Bertz CT molecular complexity index is 757. The molecule has 26 heavy (non-hydrogen) atoms. The van der Waals surface area contributed by atoms with Gasteiger partial charge in [-0.2, -0.15) is 4.31 Å². The predicted molar refractivity (Wildman–Crippen MR) is 102 cm³/mol. The molecular weight excluding hydrogens is 376 g/mol. The van der Waals surface area contributed by atoms with Crippen LogP contribution in [0.5, 0.6) is 0 Å². The molecule has 1 aromatic rings. The van der Waals surface area contributed by atoms with E-state index in [1.807, 2.05) is 9.80 Å². The first-order valence-electron chi connectivity index (χ1n) is 9.10. The molecule has 0 aliphatic carbocycles. The molecule has 0 aromatic carbocycles. The van der Waals surface area contributed by atoms with Crippen molar-refractivity contribution < 1.29 is 13.2 Å². The van der Waals surface area contributed by atoms with Crippen LogP contribution in [0, 0.1) is 0 Å². The molecule has 0 spiro atoms. The quantitative estimate of drug-likeness (QED) is 0.770. The number of halogens is 1. The number of rotatable bonds is 4. The lowest BCUT2D eigenvalue weighted by molar-refractivity contribution is 0.0724. The lowest BCUT2D eigenvalue weighted by Gasteiger charge is -2.35. The molecule has 2 aliphatic heterocycles. The number of sulfonamides is 1. The Morgan fingerprint density at radius 2 is 1.77 bits per heavy atom. The van der Waals surface area contributed by atoms with Crippen molar-refractivity contribution in [3.8, 4) is 0 Å². The van der Waals surface area contributed by atoms with Crippen LogP contribution in [0.2, 0.25) is 5.02 Å². The van der Waals surface area contributed by atoms with Gasteiger partial charge in [0.1, 0.15) is 5.82 Å². The van der Waals surface area contributed by atoms with Crippen molar-refractivity contribution in [1.82, 2.24) is 14.2 Å². The zero-order chi connectivity index (χ0) is 18.7. The van der Waals surface area contributed by atoms with Gasteiger partial charge in [-0.15, -0.1) is 0 Å². The van der Waals surface area contributed by atoms with Crippen molar-refractivity contribution in [2.45, 2.75) is 26.2 Å². The molecule has 0 N–H and O–H groups in total. The topological polar surface area (TPSA) is 73.8 Å². The minimum absolute atomic E-state index is 0.0236. The van der Waals surface area contributed by atoms with Gasteiger partial charge in [0.15, 0.2) is 0 Å². The normalized spacial score (nSPS) is 19.6. The second kappa shape index (κ2) is 8.10. The Morgan fingerprint density at radius 1 is 1.12 bits per heavy atom. The molecule has 9 heteroatoms. The maximum absolute atomic E-state index is 12.6. The first-order chi connectivity index (χ1) is 12.4. The fourth-order valence-electron chi connectivity index (χ4n) is 3.42. The molecule has 0 saturated carbocycles. The summed E-state index contributed by atoms with van der Waals surface area (Å²) in [6.45, 7) is 5.12. The second-order valence-electron chi connectivity index (χ2n) is 6.67. The van der Waals surface area contributed by atoms with Crippen molar-refractivity contribution in [3.63, 3.8) is 0 Å². The van der Waals surface area contributed by atoms with Gasteiger partial charge in [-0.25, -0.2) is 13.4 Å². The van der Waals surface area contributed by atoms with Gasteiger partial charge in [-0.3, -0.25) is 4.79 Å². The van der Waals surface area contributed by atoms with Crippen molar-refractivity contribution in [1.29, 1.82) is 0 Å². The fourth-order valence-corrected chi connectivity index (χ4v) is 4.79. The van der Waals surface area contributed by atoms with Crippen LogP contribution < -0.4 is 4.90 Å². The molecular formula is C17H25ClN4O3S. The third kappa shape index (κ3) is 4.13. The van der Waals surface area contributed by atoms with Gasteiger partial charge in [0.05, 0.1) is 16.3 Å². The first-order valence-corrected chi connectivity index (χ1v) is 11.1. The molecule has 2 saturated heterocycles. The summed E-state index contributed by atoms with van der Waals surface area (Å²) in [6, 6.07) is 1.68. The van der Waals surface area contributed by atoms with Crippen LogP contribution in [0.3, 0.4) is 0 Å². The number of piperazine rings is 1. The molecule has 1 amide bonds. The number of carbonyl (C=O) groups is 1. The highest BCUT2D eigenvalue weighted by molar-refractivity contribution is 7.89. The van der Waals surface area contributed by atoms with E-state index in [4.69, 9.17) is 11.6 Å². The van der Waals surface area contributed by atoms with E-state index in [0.29, 0.717) is 42.6 Å². The van der Waals surface area contributed by atoms with Gasteiger partial charge < -0.3 is 9.80 Å². The van der Waals surface area contributed by atoms with E-state index in [2.05, 4.69) is 4.98 Å². The zero-order valence-electron chi connectivity index (χ0n) is 15.0. The maximum Gasteiger partial charge on any atom is 0.255 e. The second-order valence-corrected chi connectivity index (χ2v) is 9.33. The predicted octanol–water partition coefficient (Wildman–Crippen LogP) is 1.83. The van der Waals surface area contributed by atoms with Crippen LogP contribution in [0.4, 0.5) is 5.82 Å². The maximum atomic E-state index is 12.6. The monoisotopic (exact) mass is 400 g/mol. The van der Waals surface area contributed by atoms with Crippen molar-refractivity contribution >= 4 is 33.3 Å².